The second kappa shape index (κ2) is 3.75. The fourth-order valence-corrected chi connectivity index (χ4v) is 3.40. The third kappa shape index (κ3) is 1.60. The van der Waals surface area contributed by atoms with Gasteiger partial charge in [0.2, 0.25) is 10.0 Å². The van der Waals surface area contributed by atoms with Gasteiger partial charge in [-0.25, -0.2) is 13.1 Å². The van der Waals surface area contributed by atoms with Crippen molar-refractivity contribution in [2.75, 3.05) is 14.2 Å². The molecule has 0 atom stereocenters. The Labute approximate surface area is 95.7 Å². The molecule has 0 heterocycles. The van der Waals surface area contributed by atoms with Crippen molar-refractivity contribution in [1.82, 2.24) is 4.72 Å². The van der Waals surface area contributed by atoms with E-state index in [9.17, 15) is 8.42 Å². The fourth-order valence-electron chi connectivity index (χ4n) is 1.93. The van der Waals surface area contributed by atoms with Gasteiger partial charge in [-0.05, 0) is 37.6 Å². The van der Waals surface area contributed by atoms with E-state index in [2.05, 4.69) is 4.72 Å². The van der Waals surface area contributed by atoms with Gasteiger partial charge >= 0.3 is 0 Å². The molecule has 1 aromatic rings. The predicted octanol–water partition coefficient (Wildman–Crippen LogP) is 1.23. The Bertz CT molecular complexity index is 492. The number of ether oxygens (including phenoxy) is 1. The maximum absolute atomic E-state index is 11.9. The molecule has 1 aliphatic rings. The van der Waals surface area contributed by atoms with Crippen molar-refractivity contribution in [2.24, 2.45) is 0 Å². The van der Waals surface area contributed by atoms with Crippen molar-refractivity contribution in [2.45, 2.75) is 17.6 Å². The smallest absolute Gasteiger partial charge is 0.221 e. The molecule has 16 heavy (non-hydrogen) atoms. The van der Waals surface area contributed by atoms with Crippen molar-refractivity contribution in [3.05, 3.63) is 29.8 Å². The van der Waals surface area contributed by atoms with Crippen LogP contribution < -0.4 is 9.46 Å². The minimum Gasteiger partial charge on any atom is -0.497 e. The highest BCUT2D eigenvalue weighted by Crippen LogP contribution is 2.52. The molecular weight excluding hydrogens is 226 g/mol. The fraction of sp³-hybridized carbons (Fsp3) is 0.455. The molecule has 0 aromatic heterocycles. The molecule has 2 rings (SSSR count). The van der Waals surface area contributed by atoms with E-state index in [0.29, 0.717) is 18.6 Å². The first kappa shape index (κ1) is 11.4. The second-order valence-corrected chi connectivity index (χ2v) is 6.13. The van der Waals surface area contributed by atoms with Gasteiger partial charge in [-0.2, -0.15) is 0 Å². The molecule has 1 fully saturated rings. The molecule has 0 bridgehead atoms. The summed E-state index contributed by atoms with van der Waals surface area (Å²) in [6.45, 7) is 0. The minimum atomic E-state index is -3.27. The third-order valence-corrected chi connectivity index (χ3v) is 5.29. The number of hydrogen-bond acceptors (Lipinski definition) is 3. The lowest BCUT2D eigenvalue weighted by atomic mass is 10.1. The summed E-state index contributed by atoms with van der Waals surface area (Å²) in [4.78, 5) is 0. The van der Waals surface area contributed by atoms with Crippen molar-refractivity contribution in [3.8, 4) is 5.75 Å². The van der Waals surface area contributed by atoms with Crippen LogP contribution >= 0.6 is 0 Å². The Morgan fingerprint density at radius 2 is 2.06 bits per heavy atom. The summed E-state index contributed by atoms with van der Waals surface area (Å²) in [6, 6.07) is 7.26. The van der Waals surface area contributed by atoms with E-state index in [0.717, 1.165) is 5.56 Å². The average Bonchev–Trinajstić information content (AvgIpc) is 3.11. The van der Waals surface area contributed by atoms with Crippen LogP contribution in [-0.2, 0) is 14.8 Å². The lowest BCUT2D eigenvalue weighted by Gasteiger charge is -2.16. The Balaban J connectivity index is 2.45. The zero-order valence-electron chi connectivity index (χ0n) is 9.36. The van der Waals surface area contributed by atoms with Gasteiger partial charge in [0.15, 0.2) is 0 Å². The van der Waals surface area contributed by atoms with Crippen molar-refractivity contribution < 1.29 is 13.2 Å². The van der Waals surface area contributed by atoms with Crippen molar-refractivity contribution in [1.29, 1.82) is 0 Å². The number of sulfonamides is 1. The summed E-state index contributed by atoms with van der Waals surface area (Å²) in [5.74, 6) is 0.690. The predicted molar refractivity (Wildman–Crippen MR) is 61.9 cm³/mol. The number of methoxy groups -OCH3 is 1. The van der Waals surface area contributed by atoms with Crippen LogP contribution in [-0.4, -0.2) is 22.6 Å². The Morgan fingerprint density at radius 3 is 2.56 bits per heavy atom. The topological polar surface area (TPSA) is 55.4 Å². The summed E-state index contributed by atoms with van der Waals surface area (Å²) in [5, 5.41) is 0. The first-order valence-electron chi connectivity index (χ1n) is 5.13. The zero-order chi connectivity index (χ0) is 11.8. The van der Waals surface area contributed by atoms with Crippen LogP contribution in [0.1, 0.15) is 18.4 Å². The summed E-state index contributed by atoms with van der Waals surface area (Å²) < 4.78 is 30.6. The molecule has 1 aliphatic carbocycles. The zero-order valence-corrected chi connectivity index (χ0v) is 10.2. The van der Waals surface area contributed by atoms with E-state index in [1.165, 1.54) is 7.05 Å². The second-order valence-electron chi connectivity index (χ2n) is 3.93. The highest BCUT2D eigenvalue weighted by atomic mass is 32.2. The van der Waals surface area contributed by atoms with E-state index >= 15 is 0 Å². The van der Waals surface area contributed by atoms with E-state index in [1.54, 1.807) is 13.2 Å². The monoisotopic (exact) mass is 241 g/mol. The van der Waals surface area contributed by atoms with Gasteiger partial charge in [-0.3, -0.25) is 0 Å². The summed E-state index contributed by atoms with van der Waals surface area (Å²) >= 11 is 0. The largest absolute Gasteiger partial charge is 0.497 e. The highest BCUT2D eigenvalue weighted by Gasteiger charge is 2.55. The molecule has 1 N–H and O–H groups in total. The maximum atomic E-state index is 11.9. The third-order valence-electron chi connectivity index (χ3n) is 3.08. The van der Waals surface area contributed by atoms with Crippen LogP contribution in [0, 0.1) is 0 Å². The molecule has 0 aliphatic heterocycles. The van der Waals surface area contributed by atoms with Gasteiger partial charge < -0.3 is 4.74 Å². The number of hydrogen-bond donors (Lipinski definition) is 1. The van der Waals surface area contributed by atoms with Gasteiger partial charge in [0.1, 0.15) is 10.5 Å². The van der Waals surface area contributed by atoms with Gasteiger partial charge in [-0.1, -0.05) is 12.1 Å². The first-order valence-corrected chi connectivity index (χ1v) is 6.62. The molecule has 5 heteroatoms. The Hall–Kier alpha value is -1.07. The summed E-state index contributed by atoms with van der Waals surface area (Å²) in [7, 11) is -0.242. The maximum Gasteiger partial charge on any atom is 0.221 e. The normalized spacial score (nSPS) is 18.1. The number of benzene rings is 1. The molecule has 0 saturated heterocycles. The molecule has 88 valence electrons. The SMILES string of the molecule is CNS(=O)(=O)C1(c2cccc(OC)c2)CC1. The van der Waals surface area contributed by atoms with E-state index in [4.69, 9.17) is 4.74 Å². The van der Waals surface area contributed by atoms with Crippen LogP contribution in [0.15, 0.2) is 24.3 Å². The average molecular weight is 241 g/mol. The molecule has 1 saturated carbocycles. The molecule has 0 amide bonds. The molecular formula is C11H15NO3S. The molecule has 0 unspecified atom stereocenters. The molecule has 0 radical (unpaired) electrons. The summed E-state index contributed by atoms with van der Waals surface area (Å²) in [5.41, 5.74) is 0.807. The molecule has 1 aromatic carbocycles. The van der Waals surface area contributed by atoms with Crippen molar-refractivity contribution in [3.63, 3.8) is 0 Å². The molecule has 4 nitrogen and oxygen atoms in total. The van der Waals surface area contributed by atoms with Gasteiger partial charge in [0.05, 0.1) is 7.11 Å². The lowest BCUT2D eigenvalue weighted by Crippen LogP contribution is -2.31. The number of rotatable bonds is 4. The highest BCUT2D eigenvalue weighted by molar-refractivity contribution is 7.90. The van der Waals surface area contributed by atoms with E-state index in [-0.39, 0.29) is 0 Å². The standard InChI is InChI=1S/C11H15NO3S/c1-12-16(13,14)11(6-7-11)9-4-3-5-10(8-9)15-2/h3-5,8,12H,6-7H2,1-2H3. The van der Waals surface area contributed by atoms with Gasteiger partial charge in [0, 0.05) is 0 Å². The molecule has 0 spiro atoms. The first-order chi connectivity index (χ1) is 7.55. The Morgan fingerprint density at radius 1 is 1.38 bits per heavy atom. The van der Waals surface area contributed by atoms with Crippen molar-refractivity contribution >= 4 is 10.0 Å². The number of nitrogens with one attached hydrogen (secondary N) is 1. The van der Waals surface area contributed by atoms with Crippen LogP contribution in [0.3, 0.4) is 0 Å². The quantitative estimate of drug-likeness (QED) is 0.862. The van der Waals surface area contributed by atoms with E-state index < -0.39 is 14.8 Å². The van der Waals surface area contributed by atoms with Crippen LogP contribution in [0.4, 0.5) is 0 Å². The van der Waals surface area contributed by atoms with E-state index in [1.807, 2.05) is 18.2 Å². The Kier molecular flexibility index (Phi) is 2.67. The lowest BCUT2D eigenvalue weighted by molar-refractivity contribution is 0.414. The van der Waals surface area contributed by atoms with Crippen LogP contribution in [0.25, 0.3) is 0 Å². The van der Waals surface area contributed by atoms with Crippen LogP contribution in [0.5, 0.6) is 5.75 Å². The van der Waals surface area contributed by atoms with Gasteiger partial charge in [-0.15, -0.1) is 0 Å². The van der Waals surface area contributed by atoms with Gasteiger partial charge in [0.25, 0.3) is 0 Å². The van der Waals surface area contributed by atoms with Crippen LogP contribution in [0.2, 0.25) is 0 Å². The minimum absolute atomic E-state index is 0.670. The summed E-state index contributed by atoms with van der Waals surface area (Å²) in [6.07, 6.45) is 1.34.